The van der Waals surface area contributed by atoms with Gasteiger partial charge in [-0.3, -0.25) is 14.4 Å². The van der Waals surface area contributed by atoms with Crippen LogP contribution in [-0.4, -0.2) is 48.8 Å². The third kappa shape index (κ3) is 3.45. The van der Waals surface area contributed by atoms with Crippen molar-refractivity contribution in [3.8, 4) is 0 Å². The maximum absolute atomic E-state index is 12.0. The number of nitrogens with one attached hydrogen (secondary N) is 2. The van der Waals surface area contributed by atoms with Crippen molar-refractivity contribution in [3.63, 3.8) is 0 Å². The number of nitrogens with zero attached hydrogens (tertiary/aromatic N) is 1. The number of hydrogen-bond donors (Lipinski definition) is 2. The van der Waals surface area contributed by atoms with Gasteiger partial charge in [0.1, 0.15) is 0 Å². The van der Waals surface area contributed by atoms with E-state index >= 15 is 0 Å². The van der Waals surface area contributed by atoms with Gasteiger partial charge < -0.3 is 15.5 Å². The zero-order valence-electron chi connectivity index (χ0n) is 10.6. The maximum atomic E-state index is 12.0. The predicted molar refractivity (Wildman–Crippen MR) is 64.5 cm³/mol. The summed E-state index contributed by atoms with van der Waals surface area (Å²) >= 11 is 0. The van der Waals surface area contributed by atoms with Gasteiger partial charge in [-0.25, -0.2) is 0 Å². The summed E-state index contributed by atoms with van der Waals surface area (Å²) < 4.78 is 0. The molecule has 0 aromatic carbocycles. The van der Waals surface area contributed by atoms with Gasteiger partial charge in [0.05, 0.1) is 12.5 Å². The average Bonchev–Trinajstić information content (AvgIpc) is 3.12. The molecular formula is C12H19N3O3. The molecule has 100 valence electrons. The first kappa shape index (κ1) is 12.9. The minimum atomic E-state index is -0.193. The van der Waals surface area contributed by atoms with Crippen LogP contribution in [0.1, 0.15) is 25.7 Å². The molecule has 0 aromatic rings. The maximum Gasteiger partial charge on any atom is 0.239 e. The van der Waals surface area contributed by atoms with E-state index in [0.29, 0.717) is 25.4 Å². The van der Waals surface area contributed by atoms with Gasteiger partial charge >= 0.3 is 0 Å². The van der Waals surface area contributed by atoms with Crippen molar-refractivity contribution >= 4 is 17.7 Å². The monoisotopic (exact) mass is 253 g/mol. The lowest BCUT2D eigenvalue weighted by Gasteiger charge is -2.26. The fourth-order valence-electron chi connectivity index (χ4n) is 2.05. The average molecular weight is 253 g/mol. The Morgan fingerprint density at radius 2 is 2.11 bits per heavy atom. The van der Waals surface area contributed by atoms with Gasteiger partial charge in [-0.1, -0.05) is 0 Å². The molecule has 1 unspecified atom stereocenters. The van der Waals surface area contributed by atoms with Crippen LogP contribution < -0.4 is 10.6 Å². The molecule has 1 saturated heterocycles. The molecule has 2 N–H and O–H groups in total. The van der Waals surface area contributed by atoms with E-state index in [1.807, 2.05) is 0 Å². The summed E-state index contributed by atoms with van der Waals surface area (Å²) in [6.45, 7) is 0.478. The fraction of sp³-hybridized carbons (Fsp3) is 0.750. The van der Waals surface area contributed by atoms with Crippen LogP contribution in [0.3, 0.4) is 0 Å². The Labute approximate surface area is 106 Å². The number of piperidine rings is 1. The first-order chi connectivity index (χ1) is 8.56. The highest BCUT2D eigenvalue weighted by Gasteiger charge is 2.29. The first-order valence-corrected chi connectivity index (χ1v) is 6.37. The summed E-state index contributed by atoms with van der Waals surface area (Å²) in [4.78, 5) is 36.1. The molecule has 0 bridgehead atoms. The van der Waals surface area contributed by atoms with E-state index in [-0.39, 0.29) is 30.2 Å². The Hall–Kier alpha value is -1.59. The second-order valence-corrected chi connectivity index (χ2v) is 5.08. The van der Waals surface area contributed by atoms with Crippen molar-refractivity contribution in [2.45, 2.75) is 31.7 Å². The zero-order valence-corrected chi connectivity index (χ0v) is 10.6. The second-order valence-electron chi connectivity index (χ2n) is 5.08. The van der Waals surface area contributed by atoms with Crippen molar-refractivity contribution in [1.29, 1.82) is 0 Å². The minimum absolute atomic E-state index is 0.00632. The molecule has 6 heteroatoms. The van der Waals surface area contributed by atoms with Crippen LogP contribution in [0.25, 0.3) is 0 Å². The minimum Gasteiger partial charge on any atom is -0.355 e. The smallest absolute Gasteiger partial charge is 0.239 e. The van der Waals surface area contributed by atoms with Crippen molar-refractivity contribution in [2.75, 3.05) is 20.1 Å². The molecule has 1 aliphatic carbocycles. The molecule has 2 aliphatic rings. The van der Waals surface area contributed by atoms with Crippen molar-refractivity contribution in [2.24, 2.45) is 5.92 Å². The molecule has 0 radical (unpaired) electrons. The summed E-state index contributed by atoms with van der Waals surface area (Å²) in [5.41, 5.74) is 0. The molecule has 3 amide bonds. The van der Waals surface area contributed by atoms with E-state index in [4.69, 9.17) is 0 Å². The number of carbonyl (C=O) groups excluding carboxylic acids is 3. The molecule has 1 atom stereocenters. The molecule has 1 aliphatic heterocycles. The third-order valence-corrected chi connectivity index (χ3v) is 3.31. The lowest BCUT2D eigenvalue weighted by atomic mass is 9.98. The van der Waals surface area contributed by atoms with Crippen LogP contribution >= 0.6 is 0 Å². The number of carbonyl (C=O) groups is 3. The SMILES string of the molecule is CN(CC(=O)NC1CC1)C(=O)C1CCC(=O)NC1. The molecule has 6 nitrogen and oxygen atoms in total. The molecule has 1 saturated carbocycles. The van der Waals surface area contributed by atoms with Gasteiger partial charge in [-0.15, -0.1) is 0 Å². The molecule has 2 rings (SSSR count). The molecular weight excluding hydrogens is 234 g/mol. The van der Waals surface area contributed by atoms with E-state index in [1.54, 1.807) is 7.05 Å². The summed E-state index contributed by atoms with van der Waals surface area (Å²) in [5.74, 6) is -0.372. The Bertz CT molecular complexity index is 356. The molecule has 18 heavy (non-hydrogen) atoms. The third-order valence-electron chi connectivity index (χ3n) is 3.31. The largest absolute Gasteiger partial charge is 0.355 e. The number of likely N-dealkylation sites (N-methyl/N-ethyl adjacent to an activating group) is 1. The molecule has 0 spiro atoms. The van der Waals surface area contributed by atoms with Crippen LogP contribution in [0.2, 0.25) is 0 Å². The zero-order chi connectivity index (χ0) is 13.1. The van der Waals surface area contributed by atoms with Gasteiger partial charge in [-0.2, -0.15) is 0 Å². The highest BCUT2D eigenvalue weighted by atomic mass is 16.2. The topological polar surface area (TPSA) is 78.5 Å². The van der Waals surface area contributed by atoms with Crippen molar-refractivity contribution < 1.29 is 14.4 Å². The van der Waals surface area contributed by atoms with Crippen LogP contribution in [-0.2, 0) is 14.4 Å². The highest BCUT2D eigenvalue weighted by molar-refractivity contribution is 5.87. The Morgan fingerprint density at radius 3 is 2.67 bits per heavy atom. The summed E-state index contributed by atoms with van der Waals surface area (Å²) in [5, 5.41) is 5.52. The van der Waals surface area contributed by atoms with Crippen LogP contribution in [0.4, 0.5) is 0 Å². The lowest BCUT2D eigenvalue weighted by molar-refractivity contribution is -0.139. The molecule has 1 heterocycles. The van der Waals surface area contributed by atoms with E-state index in [2.05, 4.69) is 10.6 Å². The summed E-state index contributed by atoms with van der Waals surface area (Å²) in [6.07, 6.45) is 3.04. The fourth-order valence-corrected chi connectivity index (χ4v) is 2.05. The predicted octanol–water partition coefficient (Wildman–Crippen LogP) is -0.750. The quantitative estimate of drug-likeness (QED) is 0.692. The summed E-state index contributed by atoms with van der Waals surface area (Å²) in [7, 11) is 1.63. The molecule has 0 aromatic heterocycles. The first-order valence-electron chi connectivity index (χ1n) is 6.37. The van der Waals surface area contributed by atoms with E-state index in [0.717, 1.165) is 12.8 Å². The van der Waals surface area contributed by atoms with E-state index in [1.165, 1.54) is 4.90 Å². The number of amides is 3. The van der Waals surface area contributed by atoms with Gasteiger partial charge in [0.15, 0.2) is 0 Å². The molecule has 2 fully saturated rings. The summed E-state index contributed by atoms with van der Waals surface area (Å²) in [6, 6.07) is 0.315. The van der Waals surface area contributed by atoms with Crippen LogP contribution in [0.15, 0.2) is 0 Å². The van der Waals surface area contributed by atoms with Crippen molar-refractivity contribution in [1.82, 2.24) is 15.5 Å². The normalized spacial score (nSPS) is 23.2. The Balaban J connectivity index is 1.76. The number of rotatable bonds is 4. The Morgan fingerprint density at radius 1 is 1.39 bits per heavy atom. The number of hydrogen-bond acceptors (Lipinski definition) is 3. The lowest BCUT2D eigenvalue weighted by Crippen LogP contribution is -2.46. The standard InChI is InChI=1S/C12H19N3O3/c1-15(7-11(17)14-9-3-4-9)12(18)8-2-5-10(16)13-6-8/h8-9H,2-7H2,1H3,(H,13,16)(H,14,17). The van der Waals surface area contributed by atoms with Gasteiger partial charge in [-0.05, 0) is 19.3 Å². The second kappa shape index (κ2) is 5.37. The van der Waals surface area contributed by atoms with Gasteiger partial charge in [0, 0.05) is 26.1 Å². The van der Waals surface area contributed by atoms with Crippen LogP contribution in [0.5, 0.6) is 0 Å². The van der Waals surface area contributed by atoms with Crippen molar-refractivity contribution in [3.05, 3.63) is 0 Å². The van der Waals surface area contributed by atoms with Gasteiger partial charge in [0.25, 0.3) is 0 Å². The highest BCUT2D eigenvalue weighted by Crippen LogP contribution is 2.18. The Kier molecular flexibility index (Phi) is 3.84. The van der Waals surface area contributed by atoms with Crippen LogP contribution in [0, 0.1) is 5.92 Å². The van der Waals surface area contributed by atoms with Gasteiger partial charge in [0.2, 0.25) is 17.7 Å². The van der Waals surface area contributed by atoms with E-state index < -0.39 is 0 Å². The van der Waals surface area contributed by atoms with E-state index in [9.17, 15) is 14.4 Å².